The predicted molar refractivity (Wildman–Crippen MR) is 138 cm³/mol. The maximum Gasteiger partial charge on any atom is 0.336 e. The number of amides is 4. The van der Waals surface area contributed by atoms with E-state index >= 15 is 0 Å². The van der Waals surface area contributed by atoms with Crippen LogP contribution in [0.5, 0.6) is 17.2 Å². The van der Waals surface area contributed by atoms with Gasteiger partial charge in [-0.1, -0.05) is 39.7 Å². The van der Waals surface area contributed by atoms with E-state index in [2.05, 4.69) is 21.2 Å². The SMILES string of the molecule is COc1cc(N2C(=O)NC(=O)/C(=C\c3cc(Br)ccc3OCc3ccc(F)cc3)C2=O)c(OC)cc1Cl. The number of barbiturate groups is 1. The van der Waals surface area contributed by atoms with Gasteiger partial charge < -0.3 is 14.2 Å². The second-order valence-electron chi connectivity index (χ2n) is 7.71. The number of methoxy groups -OCH3 is 2. The molecular formula is C26H19BrClFN2O6. The number of nitrogens with one attached hydrogen (secondary N) is 1. The number of carbonyl (C=O) groups excluding carboxylic acids is 3. The number of hydrogen-bond donors (Lipinski definition) is 1. The molecule has 1 saturated heterocycles. The average Bonchev–Trinajstić information content (AvgIpc) is 2.87. The molecule has 1 heterocycles. The van der Waals surface area contributed by atoms with Gasteiger partial charge >= 0.3 is 6.03 Å². The van der Waals surface area contributed by atoms with E-state index in [1.54, 1.807) is 30.3 Å². The number of halogens is 3. The van der Waals surface area contributed by atoms with E-state index in [1.807, 2.05) is 0 Å². The number of urea groups is 1. The Balaban J connectivity index is 1.72. The highest BCUT2D eigenvalue weighted by molar-refractivity contribution is 9.10. The molecule has 4 rings (SSSR count). The zero-order chi connectivity index (χ0) is 26.7. The first kappa shape index (κ1) is 26.2. The number of benzene rings is 3. The maximum atomic E-state index is 13.5. The Hall–Kier alpha value is -3.89. The quantitative estimate of drug-likeness (QED) is 0.289. The summed E-state index contributed by atoms with van der Waals surface area (Å²) in [5.74, 6) is -1.46. The molecule has 0 bridgehead atoms. The molecular weight excluding hydrogens is 571 g/mol. The van der Waals surface area contributed by atoms with Crippen molar-refractivity contribution in [1.82, 2.24) is 5.32 Å². The molecule has 0 unspecified atom stereocenters. The van der Waals surface area contributed by atoms with Crippen molar-refractivity contribution in [3.05, 3.63) is 86.6 Å². The van der Waals surface area contributed by atoms with Gasteiger partial charge in [-0.3, -0.25) is 14.9 Å². The minimum Gasteiger partial charge on any atom is -0.495 e. The molecule has 0 aliphatic carbocycles. The highest BCUT2D eigenvalue weighted by Crippen LogP contribution is 2.39. The third-order valence-electron chi connectivity index (χ3n) is 5.38. The van der Waals surface area contributed by atoms with Gasteiger partial charge in [0, 0.05) is 22.2 Å². The van der Waals surface area contributed by atoms with Crippen molar-refractivity contribution in [3.63, 3.8) is 0 Å². The van der Waals surface area contributed by atoms with Gasteiger partial charge in [0.1, 0.15) is 35.2 Å². The number of hydrogen-bond acceptors (Lipinski definition) is 6. The first-order chi connectivity index (χ1) is 17.7. The number of imide groups is 2. The summed E-state index contributed by atoms with van der Waals surface area (Å²) in [4.78, 5) is 39.7. The highest BCUT2D eigenvalue weighted by Gasteiger charge is 2.38. The smallest absolute Gasteiger partial charge is 0.336 e. The zero-order valence-electron chi connectivity index (χ0n) is 19.5. The fourth-order valence-electron chi connectivity index (χ4n) is 3.56. The molecule has 37 heavy (non-hydrogen) atoms. The van der Waals surface area contributed by atoms with E-state index < -0.39 is 17.8 Å². The van der Waals surface area contributed by atoms with Crippen LogP contribution in [-0.2, 0) is 16.2 Å². The predicted octanol–water partition coefficient (Wildman–Crippen LogP) is 5.50. The average molecular weight is 590 g/mol. The lowest BCUT2D eigenvalue weighted by Gasteiger charge is -2.28. The van der Waals surface area contributed by atoms with Crippen LogP contribution in [0, 0.1) is 5.82 Å². The first-order valence-electron chi connectivity index (χ1n) is 10.7. The third kappa shape index (κ3) is 5.60. The lowest BCUT2D eigenvalue weighted by molar-refractivity contribution is -0.122. The minimum absolute atomic E-state index is 0.0340. The minimum atomic E-state index is -0.961. The highest BCUT2D eigenvalue weighted by atomic mass is 79.9. The van der Waals surface area contributed by atoms with Crippen molar-refractivity contribution in [2.45, 2.75) is 6.61 Å². The normalized spacial score (nSPS) is 14.6. The van der Waals surface area contributed by atoms with Crippen molar-refractivity contribution in [1.29, 1.82) is 0 Å². The topological polar surface area (TPSA) is 94.2 Å². The van der Waals surface area contributed by atoms with Crippen LogP contribution in [0.2, 0.25) is 5.02 Å². The first-order valence-corrected chi connectivity index (χ1v) is 11.9. The van der Waals surface area contributed by atoms with Crippen molar-refractivity contribution in [2.75, 3.05) is 19.1 Å². The fourth-order valence-corrected chi connectivity index (χ4v) is 4.17. The Morgan fingerprint density at radius 1 is 0.973 bits per heavy atom. The Labute approximate surface area is 224 Å². The van der Waals surface area contributed by atoms with Crippen LogP contribution < -0.4 is 24.4 Å². The van der Waals surface area contributed by atoms with Crippen molar-refractivity contribution in [3.8, 4) is 17.2 Å². The summed E-state index contributed by atoms with van der Waals surface area (Å²) in [7, 11) is 2.73. The lowest BCUT2D eigenvalue weighted by atomic mass is 10.1. The van der Waals surface area contributed by atoms with Gasteiger partial charge in [0.15, 0.2) is 0 Å². The summed E-state index contributed by atoms with van der Waals surface area (Å²) in [6.07, 6.45) is 1.32. The molecule has 0 radical (unpaired) electrons. The van der Waals surface area contributed by atoms with Gasteiger partial charge in [0.05, 0.1) is 24.9 Å². The Kier molecular flexibility index (Phi) is 7.80. The zero-order valence-corrected chi connectivity index (χ0v) is 21.9. The molecule has 1 aliphatic rings. The largest absolute Gasteiger partial charge is 0.495 e. The molecule has 1 fully saturated rings. The van der Waals surface area contributed by atoms with E-state index in [4.69, 9.17) is 25.8 Å². The van der Waals surface area contributed by atoms with Crippen LogP contribution in [-0.4, -0.2) is 32.1 Å². The summed E-state index contributed by atoms with van der Waals surface area (Å²) in [6.45, 7) is 0.116. The fraction of sp³-hybridized carbons (Fsp3) is 0.115. The molecule has 11 heteroatoms. The number of anilines is 1. The van der Waals surface area contributed by atoms with Gasteiger partial charge in [0.2, 0.25) is 0 Å². The second-order valence-corrected chi connectivity index (χ2v) is 9.04. The van der Waals surface area contributed by atoms with E-state index in [0.29, 0.717) is 15.8 Å². The van der Waals surface area contributed by atoms with Crippen molar-refractivity contribution in [2.24, 2.45) is 0 Å². The molecule has 0 aromatic heterocycles. The Morgan fingerprint density at radius 2 is 1.68 bits per heavy atom. The number of nitrogens with zero attached hydrogens (tertiary/aromatic N) is 1. The van der Waals surface area contributed by atoms with E-state index in [1.165, 1.54) is 44.6 Å². The molecule has 0 atom stereocenters. The summed E-state index contributed by atoms with van der Waals surface area (Å²) in [5.41, 5.74) is 0.826. The third-order valence-corrected chi connectivity index (χ3v) is 6.16. The summed E-state index contributed by atoms with van der Waals surface area (Å²) in [5, 5.41) is 2.38. The molecule has 4 amide bonds. The lowest BCUT2D eigenvalue weighted by Crippen LogP contribution is -2.54. The van der Waals surface area contributed by atoms with Crippen molar-refractivity contribution >= 4 is 57.1 Å². The molecule has 190 valence electrons. The molecule has 1 aliphatic heterocycles. The van der Waals surface area contributed by atoms with Crippen molar-refractivity contribution < 1.29 is 33.0 Å². The number of carbonyl (C=O) groups is 3. The molecule has 1 N–H and O–H groups in total. The number of rotatable bonds is 7. The van der Waals surface area contributed by atoms with Crippen LogP contribution in [0.15, 0.2) is 64.6 Å². The van der Waals surface area contributed by atoms with E-state index in [0.717, 1.165) is 10.5 Å². The molecule has 3 aromatic carbocycles. The summed E-state index contributed by atoms with van der Waals surface area (Å²) >= 11 is 9.53. The molecule has 3 aromatic rings. The van der Waals surface area contributed by atoms with Crippen LogP contribution in [0.3, 0.4) is 0 Å². The van der Waals surface area contributed by atoms with Gasteiger partial charge in [-0.15, -0.1) is 0 Å². The Bertz CT molecular complexity index is 1430. The van der Waals surface area contributed by atoms with Crippen LogP contribution in [0.25, 0.3) is 6.08 Å². The Morgan fingerprint density at radius 3 is 2.35 bits per heavy atom. The van der Waals surface area contributed by atoms with Gasteiger partial charge in [-0.2, -0.15) is 0 Å². The van der Waals surface area contributed by atoms with E-state index in [9.17, 15) is 18.8 Å². The van der Waals surface area contributed by atoms with Gasteiger partial charge in [0.25, 0.3) is 11.8 Å². The second kappa shape index (κ2) is 11.0. The number of ether oxygens (including phenoxy) is 3. The monoisotopic (exact) mass is 588 g/mol. The standard InChI is InChI=1S/C26H19BrClFN2O6/c1-35-22-12-20(23(36-2)11-19(22)28)31-25(33)18(24(32)30-26(31)34)10-15-9-16(27)5-8-21(15)37-13-14-3-6-17(29)7-4-14/h3-12H,13H2,1-2H3,(H,30,32,34)/b18-10+. The van der Waals surface area contributed by atoms with Crippen LogP contribution in [0.1, 0.15) is 11.1 Å². The van der Waals surface area contributed by atoms with Gasteiger partial charge in [-0.25, -0.2) is 14.1 Å². The van der Waals surface area contributed by atoms with Crippen LogP contribution >= 0.6 is 27.5 Å². The molecule has 0 saturated carbocycles. The van der Waals surface area contributed by atoms with Gasteiger partial charge in [-0.05, 0) is 42.0 Å². The van der Waals surface area contributed by atoms with E-state index in [-0.39, 0.29) is 40.2 Å². The van der Waals surface area contributed by atoms with Crippen LogP contribution in [0.4, 0.5) is 14.9 Å². The molecule has 0 spiro atoms. The maximum absolute atomic E-state index is 13.5. The molecule has 8 nitrogen and oxygen atoms in total. The summed E-state index contributed by atoms with van der Waals surface area (Å²) in [6, 6.07) is 12.6. The summed E-state index contributed by atoms with van der Waals surface area (Å²) < 4.78 is 30.3.